The number of hydrogen-bond donors (Lipinski definition) is 2. The van der Waals surface area contributed by atoms with E-state index in [9.17, 15) is 13.2 Å². The maximum Gasteiger partial charge on any atom is 0.390 e. The first-order chi connectivity index (χ1) is 5.58. The predicted molar refractivity (Wildman–Crippen MR) is 37.7 cm³/mol. The van der Waals surface area contributed by atoms with Gasteiger partial charge in [0.1, 0.15) is 0 Å². The summed E-state index contributed by atoms with van der Waals surface area (Å²) < 4.78 is 34.8. The van der Waals surface area contributed by atoms with Crippen LogP contribution in [0.25, 0.3) is 0 Å². The van der Waals surface area contributed by atoms with Crippen LogP contribution in [0.1, 0.15) is 6.42 Å². The Morgan fingerprint density at radius 2 is 2.25 bits per heavy atom. The molecular formula is C6H8F3N3. The third kappa shape index (κ3) is 3.27. The minimum Gasteiger partial charge on any atom is -0.355 e. The highest BCUT2D eigenvalue weighted by atomic mass is 19.4. The second-order valence-electron chi connectivity index (χ2n) is 2.23. The van der Waals surface area contributed by atoms with E-state index >= 15 is 0 Å². The molecule has 0 amide bonds. The normalized spacial score (nSPS) is 11.6. The average molecular weight is 179 g/mol. The van der Waals surface area contributed by atoms with Crippen molar-refractivity contribution in [1.29, 1.82) is 0 Å². The highest BCUT2D eigenvalue weighted by Gasteiger charge is 2.26. The quantitative estimate of drug-likeness (QED) is 0.742. The van der Waals surface area contributed by atoms with Gasteiger partial charge in [0, 0.05) is 18.9 Å². The molecule has 0 aromatic carbocycles. The van der Waals surface area contributed by atoms with Crippen LogP contribution < -0.4 is 5.32 Å². The van der Waals surface area contributed by atoms with Crippen molar-refractivity contribution in [1.82, 2.24) is 9.97 Å². The minimum absolute atomic E-state index is 0.156. The van der Waals surface area contributed by atoms with Crippen molar-refractivity contribution in [2.75, 3.05) is 11.9 Å². The number of anilines is 1. The zero-order valence-electron chi connectivity index (χ0n) is 6.15. The van der Waals surface area contributed by atoms with Gasteiger partial charge in [-0.05, 0) is 0 Å². The van der Waals surface area contributed by atoms with E-state index in [1.165, 1.54) is 12.4 Å². The molecule has 0 spiro atoms. The van der Waals surface area contributed by atoms with Gasteiger partial charge in [-0.15, -0.1) is 0 Å². The Balaban J connectivity index is 2.20. The summed E-state index contributed by atoms with van der Waals surface area (Å²) in [5, 5.41) is 2.49. The van der Waals surface area contributed by atoms with Crippen LogP contribution in [-0.2, 0) is 0 Å². The third-order valence-corrected chi connectivity index (χ3v) is 1.20. The third-order valence-electron chi connectivity index (χ3n) is 1.20. The maximum atomic E-state index is 11.6. The molecule has 0 atom stereocenters. The van der Waals surface area contributed by atoms with Gasteiger partial charge in [0.05, 0.1) is 6.42 Å². The summed E-state index contributed by atoms with van der Waals surface area (Å²) in [7, 11) is 0. The highest BCUT2D eigenvalue weighted by molar-refractivity contribution is 5.22. The molecule has 0 saturated heterocycles. The number of halogens is 3. The zero-order valence-corrected chi connectivity index (χ0v) is 6.15. The second kappa shape index (κ2) is 3.46. The lowest BCUT2D eigenvalue weighted by Gasteiger charge is -2.05. The molecule has 0 unspecified atom stereocenters. The van der Waals surface area contributed by atoms with Crippen LogP contribution in [0, 0.1) is 0 Å². The second-order valence-corrected chi connectivity index (χ2v) is 2.23. The first-order valence-corrected chi connectivity index (χ1v) is 3.38. The van der Waals surface area contributed by atoms with Crippen molar-refractivity contribution in [3.8, 4) is 0 Å². The topological polar surface area (TPSA) is 40.7 Å². The number of hydrogen-bond acceptors (Lipinski definition) is 2. The van der Waals surface area contributed by atoms with E-state index in [2.05, 4.69) is 15.3 Å². The van der Waals surface area contributed by atoms with Crippen LogP contribution in [0.4, 0.5) is 19.1 Å². The molecule has 6 heteroatoms. The number of aromatic nitrogens is 2. The summed E-state index contributed by atoms with van der Waals surface area (Å²) in [5.41, 5.74) is 0. The number of H-pyrrole nitrogens is 1. The van der Waals surface area contributed by atoms with Crippen molar-refractivity contribution in [2.45, 2.75) is 12.6 Å². The number of rotatable bonds is 3. The summed E-state index contributed by atoms with van der Waals surface area (Å²) in [6.45, 7) is -0.156. The number of nitrogens with one attached hydrogen (secondary N) is 2. The number of aromatic amines is 1. The Morgan fingerprint density at radius 3 is 2.75 bits per heavy atom. The largest absolute Gasteiger partial charge is 0.390 e. The number of imidazole rings is 1. The molecule has 0 aliphatic carbocycles. The fraction of sp³-hybridized carbons (Fsp3) is 0.500. The van der Waals surface area contributed by atoms with Gasteiger partial charge < -0.3 is 10.3 Å². The van der Waals surface area contributed by atoms with Crippen molar-refractivity contribution in [2.24, 2.45) is 0 Å². The Morgan fingerprint density at radius 1 is 1.50 bits per heavy atom. The molecule has 3 nitrogen and oxygen atoms in total. The summed E-state index contributed by atoms with van der Waals surface area (Å²) in [6.07, 6.45) is -1.96. The summed E-state index contributed by atoms with van der Waals surface area (Å²) in [4.78, 5) is 6.34. The van der Waals surface area contributed by atoms with Crippen molar-refractivity contribution in [3.63, 3.8) is 0 Å². The molecule has 0 saturated carbocycles. The van der Waals surface area contributed by atoms with Gasteiger partial charge in [0.15, 0.2) is 5.95 Å². The van der Waals surface area contributed by atoms with Gasteiger partial charge in [0.25, 0.3) is 0 Å². The smallest absolute Gasteiger partial charge is 0.355 e. The fourth-order valence-electron chi connectivity index (χ4n) is 0.685. The SMILES string of the molecule is FC(F)(F)CCNc1ncc[nH]1. The molecule has 12 heavy (non-hydrogen) atoms. The molecule has 0 bridgehead atoms. The van der Waals surface area contributed by atoms with Crippen LogP contribution in [0.15, 0.2) is 12.4 Å². The van der Waals surface area contributed by atoms with Crippen LogP contribution in [0.2, 0.25) is 0 Å². The van der Waals surface area contributed by atoms with Crippen molar-refractivity contribution < 1.29 is 13.2 Å². The van der Waals surface area contributed by atoms with Crippen molar-refractivity contribution in [3.05, 3.63) is 12.4 Å². The highest BCUT2D eigenvalue weighted by Crippen LogP contribution is 2.18. The maximum absolute atomic E-state index is 11.6. The molecule has 0 fully saturated rings. The summed E-state index contributed by atoms with van der Waals surface area (Å²) in [5.74, 6) is 0.360. The fourth-order valence-corrected chi connectivity index (χ4v) is 0.685. The molecule has 1 rings (SSSR count). The van der Waals surface area contributed by atoms with Crippen LogP contribution in [0.3, 0.4) is 0 Å². The first kappa shape index (κ1) is 8.89. The molecule has 2 N–H and O–H groups in total. The van der Waals surface area contributed by atoms with Gasteiger partial charge in [-0.2, -0.15) is 13.2 Å². The Hall–Kier alpha value is -1.20. The molecular weight excluding hydrogens is 171 g/mol. The zero-order chi connectivity index (χ0) is 9.03. The number of nitrogens with zero attached hydrogens (tertiary/aromatic N) is 1. The van der Waals surface area contributed by atoms with Gasteiger partial charge in [-0.1, -0.05) is 0 Å². The summed E-state index contributed by atoms with van der Waals surface area (Å²) >= 11 is 0. The lowest BCUT2D eigenvalue weighted by atomic mass is 10.4. The lowest BCUT2D eigenvalue weighted by Crippen LogP contribution is -2.15. The van der Waals surface area contributed by atoms with Gasteiger partial charge in [-0.3, -0.25) is 0 Å². The van der Waals surface area contributed by atoms with E-state index < -0.39 is 12.6 Å². The average Bonchev–Trinajstić information content (AvgIpc) is 2.36. The van der Waals surface area contributed by atoms with E-state index in [0.717, 1.165) is 0 Å². The molecule has 0 aliphatic heterocycles. The Bertz CT molecular complexity index is 216. The predicted octanol–water partition coefficient (Wildman–Crippen LogP) is 1.77. The van der Waals surface area contributed by atoms with E-state index in [4.69, 9.17) is 0 Å². The molecule has 68 valence electrons. The molecule has 1 aromatic rings. The van der Waals surface area contributed by atoms with E-state index in [1.54, 1.807) is 0 Å². The Kier molecular flexibility index (Phi) is 2.57. The van der Waals surface area contributed by atoms with E-state index in [-0.39, 0.29) is 6.54 Å². The minimum atomic E-state index is -4.11. The van der Waals surface area contributed by atoms with Gasteiger partial charge >= 0.3 is 6.18 Å². The van der Waals surface area contributed by atoms with E-state index in [1.807, 2.05) is 0 Å². The monoisotopic (exact) mass is 179 g/mol. The molecule has 1 aromatic heterocycles. The first-order valence-electron chi connectivity index (χ1n) is 3.38. The van der Waals surface area contributed by atoms with Crippen molar-refractivity contribution >= 4 is 5.95 Å². The van der Waals surface area contributed by atoms with Crippen LogP contribution >= 0.6 is 0 Å². The van der Waals surface area contributed by atoms with Gasteiger partial charge in [-0.25, -0.2) is 4.98 Å². The molecule has 0 radical (unpaired) electrons. The van der Waals surface area contributed by atoms with Crippen LogP contribution in [0.5, 0.6) is 0 Å². The van der Waals surface area contributed by atoms with Gasteiger partial charge in [0.2, 0.25) is 0 Å². The van der Waals surface area contributed by atoms with Crippen LogP contribution in [-0.4, -0.2) is 22.7 Å². The summed E-state index contributed by atoms with van der Waals surface area (Å²) in [6, 6.07) is 0. The Labute approximate surface area is 67.0 Å². The van der Waals surface area contributed by atoms with E-state index in [0.29, 0.717) is 5.95 Å². The standard InChI is InChI=1S/C6H8F3N3/c7-6(8,9)1-2-10-5-11-3-4-12-5/h3-4H,1-2H2,(H2,10,11,12). The molecule has 0 aliphatic rings. The molecule has 1 heterocycles. The number of alkyl halides is 3. The lowest BCUT2D eigenvalue weighted by molar-refractivity contribution is -0.131.